The minimum Gasteiger partial charge on any atom is -0.308 e. The first-order valence-corrected chi connectivity index (χ1v) is 4.67. The first-order valence-electron chi connectivity index (χ1n) is 4.67. The van der Waals surface area contributed by atoms with Gasteiger partial charge in [0.1, 0.15) is 6.07 Å². The number of hydrogen-bond acceptors (Lipinski definition) is 4. The lowest BCUT2D eigenvalue weighted by Gasteiger charge is -2.27. The molecule has 1 aromatic heterocycles. The lowest BCUT2D eigenvalue weighted by molar-refractivity contribution is -0.118. The van der Waals surface area contributed by atoms with Gasteiger partial charge in [0.25, 0.3) is 0 Å². The Kier molecular flexibility index (Phi) is 2.61. The van der Waals surface area contributed by atoms with Gasteiger partial charge in [-0.2, -0.15) is 5.26 Å². The van der Waals surface area contributed by atoms with E-state index < -0.39 is 0 Å². The van der Waals surface area contributed by atoms with Gasteiger partial charge in [-0.1, -0.05) is 0 Å². The minimum atomic E-state index is 0.0122. The van der Waals surface area contributed by atoms with Crippen molar-refractivity contribution in [1.82, 2.24) is 10.3 Å². The van der Waals surface area contributed by atoms with E-state index in [1.807, 2.05) is 6.07 Å². The fourth-order valence-corrected chi connectivity index (χ4v) is 1.52. The first-order chi connectivity index (χ1) is 7.31. The van der Waals surface area contributed by atoms with E-state index in [1.54, 1.807) is 17.2 Å². The van der Waals surface area contributed by atoms with Crippen molar-refractivity contribution in [1.29, 1.82) is 5.26 Å². The van der Waals surface area contributed by atoms with Crippen LogP contribution in [0.2, 0.25) is 0 Å². The Morgan fingerprint density at radius 2 is 2.40 bits per heavy atom. The number of aromatic nitrogens is 1. The summed E-state index contributed by atoms with van der Waals surface area (Å²) in [6.45, 7) is 1.73. The van der Waals surface area contributed by atoms with E-state index in [0.717, 1.165) is 6.54 Å². The van der Waals surface area contributed by atoms with Crippen LogP contribution in [-0.4, -0.2) is 30.5 Å². The number of nitrogens with one attached hydrogen (secondary N) is 1. The second kappa shape index (κ2) is 4.07. The fraction of sp³-hybridized carbons (Fsp3) is 0.300. The van der Waals surface area contributed by atoms with Crippen LogP contribution >= 0.6 is 0 Å². The van der Waals surface area contributed by atoms with Crippen molar-refractivity contribution in [2.75, 3.05) is 24.5 Å². The molecule has 1 amide bonds. The lowest BCUT2D eigenvalue weighted by Crippen LogP contribution is -2.48. The van der Waals surface area contributed by atoms with Crippen molar-refractivity contribution in [3.05, 3.63) is 24.0 Å². The van der Waals surface area contributed by atoms with Gasteiger partial charge in [-0.25, -0.2) is 0 Å². The molecule has 1 aliphatic heterocycles. The number of nitrogens with zero attached hydrogens (tertiary/aromatic N) is 3. The van der Waals surface area contributed by atoms with Crippen LogP contribution in [0.4, 0.5) is 5.69 Å². The summed E-state index contributed by atoms with van der Waals surface area (Å²) in [6, 6.07) is 3.68. The number of carbonyl (C=O) groups is 1. The first kappa shape index (κ1) is 9.62. The van der Waals surface area contributed by atoms with E-state index in [9.17, 15) is 4.79 Å². The van der Waals surface area contributed by atoms with Gasteiger partial charge in [-0.15, -0.1) is 0 Å². The highest BCUT2D eigenvalue weighted by molar-refractivity contribution is 5.95. The molecule has 1 N–H and O–H groups in total. The molecular formula is C10H10N4O. The van der Waals surface area contributed by atoms with Gasteiger partial charge in [0.05, 0.1) is 24.0 Å². The summed E-state index contributed by atoms with van der Waals surface area (Å²) in [4.78, 5) is 17.1. The maximum atomic E-state index is 11.5. The molecule has 0 radical (unpaired) electrons. The molecule has 0 unspecified atom stereocenters. The van der Waals surface area contributed by atoms with Gasteiger partial charge in [-0.05, 0) is 6.07 Å². The van der Waals surface area contributed by atoms with Crippen molar-refractivity contribution in [2.45, 2.75) is 0 Å². The highest BCUT2D eigenvalue weighted by Gasteiger charge is 2.19. The van der Waals surface area contributed by atoms with E-state index in [4.69, 9.17) is 5.26 Å². The second-order valence-corrected chi connectivity index (χ2v) is 3.27. The Balaban J connectivity index is 2.28. The zero-order valence-corrected chi connectivity index (χ0v) is 8.10. The van der Waals surface area contributed by atoms with Crippen LogP contribution in [0.15, 0.2) is 18.5 Å². The van der Waals surface area contributed by atoms with Crippen molar-refractivity contribution in [2.24, 2.45) is 0 Å². The fourth-order valence-electron chi connectivity index (χ4n) is 1.52. The summed E-state index contributed by atoms with van der Waals surface area (Å²) >= 11 is 0. The molecule has 2 rings (SSSR count). The highest BCUT2D eigenvalue weighted by Crippen LogP contribution is 2.15. The molecule has 1 fully saturated rings. The number of piperazine rings is 1. The molecule has 1 saturated heterocycles. The molecular weight excluding hydrogens is 192 g/mol. The van der Waals surface area contributed by atoms with Crippen LogP contribution in [0.3, 0.4) is 0 Å². The maximum Gasteiger partial charge on any atom is 0.241 e. The van der Waals surface area contributed by atoms with E-state index in [2.05, 4.69) is 10.3 Å². The van der Waals surface area contributed by atoms with Gasteiger partial charge >= 0.3 is 0 Å². The summed E-state index contributed by atoms with van der Waals surface area (Å²) in [5.41, 5.74) is 1.17. The summed E-state index contributed by atoms with van der Waals surface area (Å²) < 4.78 is 0. The average molecular weight is 202 g/mol. The third-order valence-corrected chi connectivity index (χ3v) is 2.25. The van der Waals surface area contributed by atoms with Crippen LogP contribution in [0, 0.1) is 11.3 Å². The van der Waals surface area contributed by atoms with Gasteiger partial charge in [0.2, 0.25) is 5.91 Å². The van der Waals surface area contributed by atoms with Crippen LogP contribution in [0.25, 0.3) is 0 Å². The van der Waals surface area contributed by atoms with Gasteiger partial charge < -0.3 is 10.2 Å². The SMILES string of the molecule is N#Cc1cncc(N2CCNCC2=O)c1. The molecule has 0 spiro atoms. The molecule has 0 atom stereocenters. The second-order valence-electron chi connectivity index (χ2n) is 3.27. The third-order valence-electron chi connectivity index (χ3n) is 2.25. The molecule has 0 aliphatic carbocycles. The Morgan fingerprint density at radius 1 is 1.53 bits per heavy atom. The molecule has 2 heterocycles. The summed E-state index contributed by atoms with van der Waals surface area (Å²) in [5.74, 6) is 0.0122. The van der Waals surface area contributed by atoms with Crippen molar-refractivity contribution >= 4 is 11.6 Å². The number of hydrogen-bond donors (Lipinski definition) is 1. The maximum absolute atomic E-state index is 11.5. The van der Waals surface area contributed by atoms with Gasteiger partial charge in [0.15, 0.2) is 0 Å². The van der Waals surface area contributed by atoms with Crippen molar-refractivity contribution in [3.63, 3.8) is 0 Å². The molecule has 15 heavy (non-hydrogen) atoms. The van der Waals surface area contributed by atoms with E-state index in [0.29, 0.717) is 24.3 Å². The Labute approximate surface area is 87.3 Å². The number of carbonyl (C=O) groups excluding carboxylic acids is 1. The van der Waals surface area contributed by atoms with Crippen LogP contribution in [0.1, 0.15) is 5.56 Å². The zero-order chi connectivity index (χ0) is 10.7. The molecule has 5 heteroatoms. The number of anilines is 1. The highest BCUT2D eigenvalue weighted by atomic mass is 16.2. The van der Waals surface area contributed by atoms with Crippen LogP contribution in [0.5, 0.6) is 0 Å². The topological polar surface area (TPSA) is 69.0 Å². The number of rotatable bonds is 1. The zero-order valence-electron chi connectivity index (χ0n) is 8.10. The van der Waals surface area contributed by atoms with Crippen molar-refractivity contribution < 1.29 is 4.79 Å². The predicted octanol–water partition coefficient (Wildman–Crippen LogP) is -0.111. The normalized spacial score (nSPS) is 16.2. The Morgan fingerprint density at radius 3 is 3.13 bits per heavy atom. The monoisotopic (exact) mass is 202 g/mol. The number of nitriles is 1. The third kappa shape index (κ3) is 1.95. The Hall–Kier alpha value is -1.93. The van der Waals surface area contributed by atoms with Crippen LogP contribution < -0.4 is 10.2 Å². The summed E-state index contributed by atoms with van der Waals surface area (Å²) in [5, 5.41) is 11.7. The predicted molar refractivity (Wildman–Crippen MR) is 54.2 cm³/mol. The van der Waals surface area contributed by atoms with E-state index in [-0.39, 0.29) is 5.91 Å². The number of pyridine rings is 1. The molecule has 76 valence electrons. The summed E-state index contributed by atoms with van der Waals surface area (Å²) in [6.07, 6.45) is 3.08. The lowest BCUT2D eigenvalue weighted by atomic mass is 10.2. The largest absolute Gasteiger partial charge is 0.308 e. The Bertz CT molecular complexity index is 424. The number of amides is 1. The van der Waals surface area contributed by atoms with E-state index in [1.165, 1.54) is 6.20 Å². The molecule has 0 aromatic carbocycles. The van der Waals surface area contributed by atoms with E-state index >= 15 is 0 Å². The molecule has 1 aromatic rings. The standard InChI is InChI=1S/C10H10N4O/c11-4-8-3-9(6-13-5-8)14-2-1-12-7-10(14)15/h3,5-6,12H,1-2,7H2. The molecule has 1 aliphatic rings. The molecule has 0 bridgehead atoms. The van der Waals surface area contributed by atoms with Gasteiger partial charge in [-0.3, -0.25) is 9.78 Å². The minimum absolute atomic E-state index is 0.0122. The summed E-state index contributed by atoms with van der Waals surface area (Å²) in [7, 11) is 0. The molecule has 0 saturated carbocycles. The quantitative estimate of drug-likeness (QED) is 0.689. The average Bonchev–Trinajstić information content (AvgIpc) is 2.30. The molecule has 5 nitrogen and oxygen atoms in total. The van der Waals surface area contributed by atoms with Crippen LogP contribution in [-0.2, 0) is 4.79 Å². The van der Waals surface area contributed by atoms with Gasteiger partial charge in [0, 0.05) is 19.3 Å². The van der Waals surface area contributed by atoms with Crippen molar-refractivity contribution in [3.8, 4) is 6.07 Å². The smallest absolute Gasteiger partial charge is 0.241 e.